The van der Waals surface area contributed by atoms with Crippen molar-refractivity contribution >= 4 is 12.0 Å². The van der Waals surface area contributed by atoms with Gasteiger partial charge in [-0.2, -0.15) is 0 Å². The first-order chi connectivity index (χ1) is 8.20. The number of hydrogen-bond donors (Lipinski definition) is 0. The zero-order valence-corrected chi connectivity index (χ0v) is 9.76. The Hall–Kier alpha value is -1.84. The van der Waals surface area contributed by atoms with E-state index >= 15 is 0 Å². The third-order valence-electron chi connectivity index (χ3n) is 2.83. The summed E-state index contributed by atoms with van der Waals surface area (Å²) in [7, 11) is 0. The van der Waals surface area contributed by atoms with E-state index in [9.17, 15) is 9.59 Å². The van der Waals surface area contributed by atoms with Crippen LogP contribution in [-0.4, -0.2) is 23.0 Å². The van der Waals surface area contributed by atoms with Gasteiger partial charge >= 0.3 is 6.09 Å². The molecule has 0 N–H and O–H groups in total. The van der Waals surface area contributed by atoms with Crippen molar-refractivity contribution in [2.24, 2.45) is 0 Å². The number of cyclic esters (lactones) is 1. The fourth-order valence-electron chi connectivity index (χ4n) is 1.80. The highest BCUT2D eigenvalue weighted by Crippen LogP contribution is 2.18. The van der Waals surface area contributed by atoms with Crippen molar-refractivity contribution in [3.05, 3.63) is 35.9 Å². The fraction of sp³-hybridized carbons (Fsp3) is 0.385. The van der Waals surface area contributed by atoms with Gasteiger partial charge in [0.25, 0.3) is 0 Å². The molecule has 4 heteroatoms. The van der Waals surface area contributed by atoms with E-state index in [0.717, 1.165) is 5.56 Å². The molecule has 1 unspecified atom stereocenters. The van der Waals surface area contributed by atoms with E-state index in [4.69, 9.17) is 4.74 Å². The second kappa shape index (κ2) is 4.99. The molecule has 1 aromatic carbocycles. The van der Waals surface area contributed by atoms with E-state index in [-0.39, 0.29) is 25.0 Å². The normalized spacial score (nSPS) is 20.3. The van der Waals surface area contributed by atoms with E-state index < -0.39 is 6.09 Å². The molecular weight excluding hydrogens is 218 g/mol. The summed E-state index contributed by atoms with van der Waals surface area (Å²) in [6.07, 6.45) is 0.171. The summed E-state index contributed by atoms with van der Waals surface area (Å²) >= 11 is 0. The van der Waals surface area contributed by atoms with Gasteiger partial charge in [-0.05, 0) is 12.0 Å². The molecule has 0 radical (unpaired) electrons. The molecule has 1 aromatic rings. The van der Waals surface area contributed by atoms with Crippen LogP contribution in [0.1, 0.15) is 25.3 Å². The number of amides is 2. The third kappa shape index (κ3) is 2.64. The largest absolute Gasteiger partial charge is 0.445 e. The van der Waals surface area contributed by atoms with E-state index in [0.29, 0.717) is 6.42 Å². The van der Waals surface area contributed by atoms with E-state index in [1.807, 2.05) is 37.3 Å². The smallest absolute Gasteiger partial charge is 0.417 e. The zero-order chi connectivity index (χ0) is 12.3. The number of nitrogens with zero attached hydrogens (tertiary/aromatic N) is 1. The molecule has 1 aliphatic rings. The molecule has 1 saturated heterocycles. The van der Waals surface area contributed by atoms with Crippen LogP contribution in [0.2, 0.25) is 0 Å². The number of carbonyl (C=O) groups excluding carboxylic acids is 2. The molecule has 0 spiro atoms. The molecule has 1 atom stereocenters. The van der Waals surface area contributed by atoms with Gasteiger partial charge in [0.1, 0.15) is 6.10 Å². The van der Waals surface area contributed by atoms with Gasteiger partial charge in [0.2, 0.25) is 5.91 Å². The lowest BCUT2D eigenvalue weighted by atomic mass is 10.1. The summed E-state index contributed by atoms with van der Waals surface area (Å²) in [6, 6.07) is 9.42. The lowest BCUT2D eigenvalue weighted by Gasteiger charge is -2.29. The van der Waals surface area contributed by atoms with Gasteiger partial charge in [0.15, 0.2) is 0 Å². The molecule has 0 bridgehead atoms. The van der Waals surface area contributed by atoms with Crippen LogP contribution in [0.3, 0.4) is 0 Å². The Bertz CT molecular complexity index is 398. The highest BCUT2D eigenvalue weighted by molar-refractivity contribution is 5.94. The first-order valence-corrected chi connectivity index (χ1v) is 5.75. The van der Waals surface area contributed by atoms with E-state index in [2.05, 4.69) is 0 Å². The monoisotopic (exact) mass is 233 g/mol. The molecular formula is C13H15NO3. The summed E-state index contributed by atoms with van der Waals surface area (Å²) in [5.74, 6) is -0.156. The summed E-state index contributed by atoms with van der Waals surface area (Å²) < 4.78 is 5.16. The van der Waals surface area contributed by atoms with Gasteiger partial charge in [0, 0.05) is 0 Å². The number of benzene rings is 1. The van der Waals surface area contributed by atoms with Crippen LogP contribution in [0, 0.1) is 0 Å². The Kier molecular flexibility index (Phi) is 3.42. The molecule has 17 heavy (non-hydrogen) atoms. The topological polar surface area (TPSA) is 46.6 Å². The number of imide groups is 1. The SMILES string of the molecule is CCC1CC(=O)N(Cc2ccccc2)C(=O)O1. The molecule has 1 aliphatic heterocycles. The predicted molar refractivity (Wildman–Crippen MR) is 62.2 cm³/mol. The molecule has 0 aliphatic carbocycles. The van der Waals surface area contributed by atoms with Crippen molar-refractivity contribution in [1.29, 1.82) is 0 Å². The van der Waals surface area contributed by atoms with Crippen molar-refractivity contribution in [3.8, 4) is 0 Å². The van der Waals surface area contributed by atoms with Gasteiger partial charge in [-0.3, -0.25) is 4.79 Å². The summed E-state index contributed by atoms with van der Waals surface area (Å²) in [6.45, 7) is 2.19. The van der Waals surface area contributed by atoms with Crippen LogP contribution in [0.5, 0.6) is 0 Å². The molecule has 90 valence electrons. The fourth-order valence-corrected chi connectivity index (χ4v) is 1.80. The summed E-state index contributed by atoms with van der Waals surface area (Å²) in [4.78, 5) is 24.6. The minimum absolute atomic E-state index is 0.156. The number of carbonyl (C=O) groups is 2. The van der Waals surface area contributed by atoms with Crippen molar-refractivity contribution in [3.63, 3.8) is 0 Å². The van der Waals surface area contributed by atoms with Crippen LogP contribution in [0.4, 0.5) is 4.79 Å². The second-order valence-electron chi connectivity index (χ2n) is 4.08. The lowest BCUT2D eigenvalue weighted by Crippen LogP contribution is -2.45. The Morgan fingerprint density at radius 3 is 2.59 bits per heavy atom. The zero-order valence-electron chi connectivity index (χ0n) is 9.76. The van der Waals surface area contributed by atoms with E-state index in [1.54, 1.807) is 0 Å². The molecule has 4 nitrogen and oxygen atoms in total. The first kappa shape index (κ1) is 11.6. The molecule has 0 aromatic heterocycles. The molecule has 0 saturated carbocycles. The van der Waals surface area contributed by atoms with Gasteiger partial charge in [-0.15, -0.1) is 0 Å². The number of ether oxygens (including phenoxy) is 1. The van der Waals surface area contributed by atoms with E-state index in [1.165, 1.54) is 4.90 Å². The van der Waals surface area contributed by atoms with Crippen molar-refractivity contribution < 1.29 is 14.3 Å². The first-order valence-electron chi connectivity index (χ1n) is 5.75. The van der Waals surface area contributed by atoms with Crippen LogP contribution < -0.4 is 0 Å². The average molecular weight is 233 g/mol. The van der Waals surface area contributed by atoms with Crippen LogP contribution in [-0.2, 0) is 16.1 Å². The predicted octanol–water partition coefficient (Wildman–Crippen LogP) is 2.33. The maximum Gasteiger partial charge on any atom is 0.417 e. The highest BCUT2D eigenvalue weighted by Gasteiger charge is 2.32. The Balaban J connectivity index is 2.07. The highest BCUT2D eigenvalue weighted by atomic mass is 16.6. The third-order valence-corrected chi connectivity index (χ3v) is 2.83. The maximum atomic E-state index is 11.8. The Labute approximate surface area is 100 Å². The minimum atomic E-state index is -0.531. The Morgan fingerprint density at radius 1 is 1.29 bits per heavy atom. The second-order valence-corrected chi connectivity index (χ2v) is 4.08. The average Bonchev–Trinajstić information content (AvgIpc) is 2.35. The van der Waals surface area contributed by atoms with Gasteiger partial charge < -0.3 is 4.74 Å². The standard InChI is InChI=1S/C13H15NO3/c1-2-11-8-12(15)14(13(16)17-11)9-10-6-4-3-5-7-10/h3-7,11H,2,8-9H2,1H3. The summed E-state index contributed by atoms with van der Waals surface area (Å²) in [5, 5.41) is 0. The van der Waals surface area contributed by atoms with Crippen molar-refractivity contribution in [2.45, 2.75) is 32.4 Å². The van der Waals surface area contributed by atoms with Crippen LogP contribution in [0.25, 0.3) is 0 Å². The molecule has 2 amide bonds. The molecule has 2 rings (SSSR count). The number of rotatable bonds is 3. The minimum Gasteiger partial charge on any atom is -0.445 e. The van der Waals surface area contributed by atoms with Crippen LogP contribution >= 0.6 is 0 Å². The quantitative estimate of drug-likeness (QED) is 0.805. The van der Waals surface area contributed by atoms with Crippen molar-refractivity contribution in [2.75, 3.05) is 0 Å². The molecule has 1 fully saturated rings. The van der Waals surface area contributed by atoms with Crippen LogP contribution in [0.15, 0.2) is 30.3 Å². The maximum absolute atomic E-state index is 11.8. The number of hydrogen-bond acceptors (Lipinski definition) is 3. The van der Waals surface area contributed by atoms with Gasteiger partial charge in [-0.25, -0.2) is 9.69 Å². The van der Waals surface area contributed by atoms with Crippen molar-refractivity contribution in [1.82, 2.24) is 4.90 Å². The Morgan fingerprint density at radius 2 is 2.00 bits per heavy atom. The van der Waals surface area contributed by atoms with Gasteiger partial charge in [-0.1, -0.05) is 37.3 Å². The van der Waals surface area contributed by atoms with Gasteiger partial charge in [0.05, 0.1) is 13.0 Å². The lowest BCUT2D eigenvalue weighted by molar-refractivity contribution is -0.137. The summed E-state index contributed by atoms with van der Waals surface area (Å²) in [5.41, 5.74) is 0.924. The molecule has 1 heterocycles.